The Morgan fingerprint density at radius 2 is 1.93 bits per heavy atom. The summed E-state index contributed by atoms with van der Waals surface area (Å²) in [5.41, 5.74) is 1.37. The first-order chi connectivity index (χ1) is 13.6. The van der Waals surface area contributed by atoms with Gasteiger partial charge in [-0.1, -0.05) is 30.3 Å². The van der Waals surface area contributed by atoms with Gasteiger partial charge in [-0.3, -0.25) is 9.69 Å². The minimum atomic E-state index is 0.0155. The second-order valence-electron chi connectivity index (χ2n) is 8.15. The molecular formula is C23H30N2O3. The standard InChI is InChI=1S/C23H30N2O3/c1-17(26)24-15-19-9-10-23(28-19)11-13-25(14-12-23)16-18-7-8-22(27-2)21-6-4-3-5-20(18)21/h3-8,19H,9-16H2,1-2H3,(H,24,26). The molecule has 1 N–H and O–H groups in total. The van der Waals surface area contributed by atoms with Crippen molar-refractivity contribution in [1.82, 2.24) is 10.2 Å². The molecule has 1 amide bonds. The van der Waals surface area contributed by atoms with Gasteiger partial charge in [-0.2, -0.15) is 0 Å². The molecule has 0 radical (unpaired) electrons. The van der Waals surface area contributed by atoms with Crippen molar-refractivity contribution in [2.75, 3.05) is 26.7 Å². The number of methoxy groups -OCH3 is 1. The van der Waals surface area contributed by atoms with Crippen LogP contribution in [0.5, 0.6) is 5.75 Å². The molecule has 1 unspecified atom stereocenters. The minimum absolute atomic E-state index is 0.0155. The van der Waals surface area contributed by atoms with Gasteiger partial charge >= 0.3 is 0 Å². The summed E-state index contributed by atoms with van der Waals surface area (Å²) in [5.74, 6) is 0.951. The first kappa shape index (κ1) is 19.2. The molecule has 28 heavy (non-hydrogen) atoms. The largest absolute Gasteiger partial charge is 0.496 e. The van der Waals surface area contributed by atoms with Gasteiger partial charge in [0.2, 0.25) is 5.91 Å². The zero-order chi connectivity index (χ0) is 19.6. The highest BCUT2D eigenvalue weighted by Crippen LogP contribution is 2.39. The number of hydrogen-bond acceptors (Lipinski definition) is 4. The molecule has 5 heteroatoms. The van der Waals surface area contributed by atoms with Crippen LogP contribution in [0.3, 0.4) is 0 Å². The number of hydrogen-bond donors (Lipinski definition) is 1. The molecule has 1 atom stereocenters. The van der Waals surface area contributed by atoms with Gasteiger partial charge in [-0.05, 0) is 42.7 Å². The van der Waals surface area contributed by atoms with E-state index in [2.05, 4.69) is 46.6 Å². The molecule has 1 spiro atoms. The third-order valence-electron chi connectivity index (χ3n) is 6.27. The molecular weight excluding hydrogens is 352 g/mol. The maximum absolute atomic E-state index is 11.1. The SMILES string of the molecule is COc1ccc(CN2CCC3(CCC(CNC(C)=O)O3)CC2)c2ccccc12. The summed E-state index contributed by atoms with van der Waals surface area (Å²) in [5, 5.41) is 5.34. The van der Waals surface area contributed by atoms with Crippen molar-refractivity contribution in [1.29, 1.82) is 0 Å². The molecule has 2 aromatic carbocycles. The van der Waals surface area contributed by atoms with Crippen LogP contribution in [0.2, 0.25) is 0 Å². The molecule has 2 heterocycles. The van der Waals surface area contributed by atoms with Crippen LogP contribution in [-0.4, -0.2) is 49.3 Å². The highest BCUT2D eigenvalue weighted by Gasteiger charge is 2.42. The van der Waals surface area contributed by atoms with Crippen molar-refractivity contribution in [3.8, 4) is 5.75 Å². The molecule has 2 fully saturated rings. The number of likely N-dealkylation sites (tertiary alicyclic amines) is 1. The second kappa shape index (κ2) is 8.10. The average Bonchev–Trinajstić information content (AvgIpc) is 3.11. The fourth-order valence-corrected chi connectivity index (χ4v) is 4.67. The molecule has 0 bridgehead atoms. The van der Waals surface area contributed by atoms with Gasteiger partial charge < -0.3 is 14.8 Å². The predicted octanol–water partition coefficient (Wildman–Crippen LogP) is 3.50. The zero-order valence-corrected chi connectivity index (χ0v) is 16.9. The van der Waals surface area contributed by atoms with E-state index in [0.29, 0.717) is 6.54 Å². The van der Waals surface area contributed by atoms with Crippen molar-refractivity contribution >= 4 is 16.7 Å². The van der Waals surface area contributed by atoms with Crippen LogP contribution >= 0.6 is 0 Å². The quantitative estimate of drug-likeness (QED) is 0.860. The first-order valence-electron chi connectivity index (χ1n) is 10.3. The van der Waals surface area contributed by atoms with Crippen molar-refractivity contribution in [2.45, 2.75) is 50.9 Å². The lowest BCUT2D eigenvalue weighted by atomic mass is 9.88. The van der Waals surface area contributed by atoms with E-state index >= 15 is 0 Å². The summed E-state index contributed by atoms with van der Waals surface area (Å²) in [7, 11) is 1.73. The molecule has 2 saturated heterocycles. The Kier molecular flexibility index (Phi) is 5.56. The molecule has 2 aromatic rings. The van der Waals surface area contributed by atoms with E-state index < -0.39 is 0 Å². The van der Waals surface area contributed by atoms with Crippen molar-refractivity contribution in [3.05, 3.63) is 42.0 Å². The van der Waals surface area contributed by atoms with E-state index in [1.165, 1.54) is 16.3 Å². The minimum Gasteiger partial charge on any atom is -0.496 e. The third-order valence-corrected chi connectivity index (χ3v) is 6.27. The fourth-order valence-electron chi connectivity index (χ4n) is 4.67. The number of carbonyl (C=O) groups is 1. The smallest absolute Gasteiger partial charge is 0.216 e. The van der Waals surface area contributed by atoms with Gasteiger partial charge in [0, 0.05) is 38.5 Å². The van der Waals surface area contributed by atoms with Gasteiger partial charge in [0.25, 0.3) is 0 Å². The second-order valence-corrected chi connectivity index (χ2v) is 8.15. The molecule has 150 valence electrons. The monoisotopic (exact) mass is 382 g/mol. The Hall–Kier alpha value is -2.11. The zero-order valence-electron chi connectivity index (χ0n) is 16.9. The van der Waals surface area contributed by atoms with E-state index in [9.17, 15) is 4.79 Å². The van der Waals surface area contributed by atoms with E-state index in [4.69, 9.17) is 9.47 Å². The van der Waals surface area contributed by atoms with Crippen LogP contribution < -0.4 is 10.1 Å². The van der Waals surface area contributed by atoms with Crippen molar-refractivity contribution < 1.29 is 14.3 Å². The predicted molar refractivity (Wildman–Crippen MR) is 111 cm³/mol. The summed E-state index contributed by atoms with van der Waals surface area (Å²) in [4.78, 5) is 13.7. The molecule has 2 aliphatic heterocycles. The Morgan fingerprint density at radius 1 is 1.18 bits per heavy atom. The van der Waals surface area contributed by atoms with E-state index in [0.717, 1.165) is 51.1 Å². The van der Waals surface area contributed by atoms with Crippen LogP contribution in [0.4, 0.5) is 0 Å². The van der Waals surface area contributed by atoms with Crippen LogP contribution in [0, 0.1) is 0 Å². The molecule has 0 aromatic heterocycles. The van der Waals surface area contributed by atoms with Gasteiger partial charge in [0.1, 0.15) is 5.75 Å². The summed E-state index contributed by atoms with van der Waals surface area (Å²) in [6.07, 6.45) is 4.45. The highest BCUT2D eigenvalue weighted by atomic mass is 16.5. The topological polar surface area (TPSA) is 50.8 Å². The van der Waals surface area contributed by atoms with E-state index in [-0.39, 0.29) is 17.6 Å². The molecule has 0 saturated carbocycles. The van der Waals surface area contributed by atoms with E-state index in [1.807, 2.05) is 0 Å². The summed E-state index contributed by atoms with van der Waals surface area (Å²) < 4.78 is 11.9. The first-order valence-corrected chi connectivity index (χ1v) is 10.3. The van der Waals surface area contributed by atoms with Crippen LogP contribution in [0.1, 0.15) is 38.2 Å². The van der Waals surface area contributed by atoms with Gasteiger partial charge in [0.05, 0.1) is 18.8 Å². The van der Waals surface area contributed by atoms with Gasteiger partial charge in [-0.25, -0.2) is 0 Å². The number of rotatable bonds is 5. The number of carbonyl (C=O) groups excluding carboxylic acids is 1. The van der Waals surface area contributed by atoms with Crippen LogP contribution in [0.25, 0.3) is 10.8 Å². The summed E-state index contributed by atoms with van der Waals surface area (Å²) in [6.45, 7) is 5.25. The molecule has 4 rings (SSSR count). The number of nitrogens with one attached hydrogen (secondary N) is 1. The average molecular weight is 383 g/mol. The lowest BCUT2D eigenvalue weighted by Gasteiger charge is -2.39. The molecule has 5 nitrogen and oxygen atoms in total. The molecule has 0 aliphatic carbocycles. The summed E-state index contributed by atoms with van der Waals surface area (Å²) in [6, 6.07) is 12.7. The number of piperidine rings is 1. The highest BCUT2D eigenvalue weighted by molar-refractivity contribution is 5.91. The van der Waals surface area contributed by atoms with E-state index in [1.54, 1.807) is 14.0 Å². The van der Waals surface area contributed by atoms with Crippen LogP contribution in [0.15, 0.2) is 36.4 Å². The lowest BCUT2D eigenvalue weighted by molar-refractivity contribution is -0.120. The van der Waals surface area contributed by atoms with Gasteiger partial charge in [-0.15, -0.1) is 0 Å². The number of nitrogens with zero attached hydrogens (tertiary/aromatic N) is 1. The third kappa shape index (κ3) is 4.01. The number of fused-ring (bicyclic) bond motifs is 1. The van der Waals surface area contributed by atoms with Crippen LogP contribution in [-0.2, 0) is 16.1 Å². The lowest BCUT2D eigenvalue weighted by Crippen LogP contribution is -2.44. The Balaban J connectivity index is 1.38. The molecule has 2 aliphatic rings. The van der Waals surface area contributed by atoms with Crippen molar-refractivity contribution in [3.63, 3.8) is 0 Å². The Bertz CT molecular complexity index is 843. The fraction of sp³-hybridized carbons (Fsp3) is 0.522. The maximum Gasteiger partial charge on any atom is 0.216 e. The number of benzene rings is 2. The normalized spacial score (nSPS) is 21.9. The number of ether oxygens (including phenoxy) is 2. The van der Waals surface area contributed by atoms with Gasteiger partial charge in [0.15, 0.2) is 0 Å². The number of amides is 1. The maximum atomic E-state index is 11.1. The Morgan fingerprint density at radius 3 is 2.64 bits per heavy atom. The summed E-state index contributed by atoms with van der Waals surface area (Å²) >= 11 is 0. The van der Waals surface area contributed by atoms with Crippen molar-refractivity contribution in [2.24, 2.45) is 0 Å². The Labute approximate surface area is 167 Å².